The van der Waals surface area contributed by atoms with E-state index in [0.717, 1.165) is 12.8 Å². The van der Waals surface area contributed by atoms with Crippen molar-refractivity contribution >= 4 is 84.3 Å². The summed E-state index contributed by atoms with van der Waals surface area (Å²) < 4.78 is 8.30. The molecule has 1 aliphatic heterocycles. The van der Waals surface area contributed by atoms with Crippen LogP contribution in [-0.2, 0) is 28.7 Å². The number of thioether (sulfide) groups is 1. The number of aliphatic carboxylic acids is 2. The molecule has 356 valence electrons. The van der Waals surface area contributed by atoms with Crippen LogP contribution < -0.4 is 31.8 Å². The van der Waals surface area contributed by atoms with E-state index in [1.165, 1.54) is 56.2 Å². The minimum atomic E-state index is -0.741. The average molecular weight is 965 g/mol. The Bertz CT molecular complexity index is 1940. The van der Waals surface area contributed by atoms with E-state index in [1.807, 2.05) is 0 Å². The molecule has 1 aliphatic carbocycles. The Morgan fingerprint density at radius 1 is 0.582 bits per heavy atom. The first-order valence-corrected chi connectivity index (χ1v) is 25.9. The Morgan fingerprint density at radius 2 is 0.866 bits per heavy atom. The van der Waals surface area contributed by atoms with E-state index in [0.29, 0.717) is 6.47 Å². The van der Waals surface area contributed by atoms with Crippen molar-refractivity contribution in [3.63, 3.8) is 0 Å². The van der Waals surface area contributed by atoms with Crippen LogP contribution in [0.1, 0.15) is 63.2 Å². The van der Waals surface area contributed by atoms with E-state index in [4.69, 9.17) is 10.2 Å². The minimum absolute atomic E-state index is 0. The number of carbonyl (C=O) groups excluding carboxylic acids is 2. The summed E-state index contributed by atoms with van der Waals surface area (Å²) >= 11 is 2.07. The molecular weight excluding hydrogens is 895 g/mol. The molecule has 0 bridgehead atoms. The van der Waals surface area contributed by atoms with Crippen LogP contribution in [0.4, 0.5) is 0 Å². The quantitative estimate of drug-likeness (QED) is 0.0741. The van der Waals surface area contributed by atoms with Crippen molar-refractivity contribution < 1.29 is 41.7 Å². The van der Waals surface area contributed by atoms with Gasteiger partial charge in [-0.2, -0.15) is 11.8 Å². The molecule has 8 rings (SSSR count). The van der Waals surface area contributed by atoms with Gasteiger partial charge in [-0.3, -0.25) is 19.2 Å². The second kappa shape index (κ2) is 36.1. The lowest BCUT2D eigenvalue weighted by Crippen LogP contribution is -2.20. The van der Waals surface area contributed by atoms with Gasteiger partial charge in [-0.1, -0.05) is 202 Å². The number of carbonyl (C=O) groups is 4. The topological polar surface area (TPSA) is 127 Å². The van der Waals surface area contributed by atoms with Crippen LogP contribution in [0.3, 0.4) is 0 Å². The van der Waals surface area contributed by atoms with Gasteiger partial charge in [0.25, 0.3) is 6.47 Å². The van der Waals surface area contributed by atoms with Crippen LogP contribution in [0, 0.1) is 23.9 Å². The molecule has 0 unspecified atom stereocenters. The summed E-state index contributed by atoms with van der Waals surface area (Å²) in [7, 11) is -0.892. The van der Waals surface area contributed by atoms with Crippen molar-refractivity contribution in [1.82, 2.24) is 0 Å². The highest BCUT2D eigenvalue weighted by Gasteiger charge is 2.28. The highest BCUT2D eigenvalue weighted by Crippen LogP contribution is 2.33. The fourth-order valence-corrected chi connectivity index (χ4v) is 11.0. The molecule has 8 nitrogen and oxygen atoms in total. The number of carboxylic acids is 2. The first-order valence-electron chi connectivity index (χ1n) is 22.1. The molecule has 0 atom stereocenters. The standard InChI is InChI=1S/2C18H15P.C4H6O2.2C4H8O2.C4H4O2.C4H8S.2H2/c2*1-4-10-16(11-5-1)19(17-12-6-2-7-13-17)18-14-8-3-9-15-18;5-4(6)3-1-2-3;1-4(2)6-3-5;1-3(2)4(5)6;1-2-3-6-4-5;1-2-4-5-3-1;;/h2*1-15H;3H,1-2H2,(H,5,6);3-4H,1-2H3;3H,1-2H3,(H,5,6);4H,1H3;1-4H2;2*1H/i;;;;;;;1+2;. The molecule has 1 saturated heterocycles. The smallest absolute Gasteiger partial charge is 0.307 e. The van der Waals surface area contributed by atoms with E-state index in [2.05, 4.69) is 215 Å². The monoisotopic (exact) mass is 964 g/mol. The van der Waals surface area contributed by atoms with Crippen LogP contribution in [-0.4, -0.2) is 52.7 Å². The highest BCUT2D eigenvalue weighted by molar-refractivity contribution is 7.99. The van der Waals surface area contributed by atoms with Gasteiger partial charge >= 0.3 is 18.4 Å². The zero-order valence-electron chi connectivity index (χ0n) is 39.1. The Hall–Kier alpha value is -6.03. The maximum Gasteiger partial charge on any atom is 0.307 e. The molecule has 67 heavy (non-hydrogen) atoms. The molecule has 0 amide bonds. The second-order valence-electron chi connectivity index (χ2n) is 15.0. The third-order valence-electron chi connectivity index (χ3n) is 8.87. The summed E-state index contributed by atoms with van der Waals surface area (Å²) in [5.41, 5.74) is 0. The molecule has 11 heteroatoms. The Morgan fingerprint density at radius 3 is 0.970 bits per heavy atom. The SMILES string of the molecule is C1CCSC1.CC#COC=O.CC(C)C(=O)O.CC(C)OC=O.O=C(O)C1CC1.[3HH].[HH].c1ccc(P(c2ccccc2)c2ccccc2)cc1.c1ccc(P(c2ccccc2)c2ccccc2)cc1. The van der Waals surface area contributed by atoms with Crippen LogP contribution >= 0.6 is 27.6 Å². The molecule has 1 heterocycles. The molecule has 2 N–H and O–H groups in total. The molecule has 2 aliphatic rings. The summed E-state index contributed by atoms with van der Waals surface area (Å²) in [6.07, 6.45) is 6.83. The van der Waals surface area contributed by atoms with Crippen LogP contribution in [0.15, 0.2) is 182 Å². The molecule has 2 fully saturated rings. The second-order valence-corrected chi connectivity index (χ2v) is 20.6. The normalized spacial score (nSPS) is 11.7. The number of benzene rings is 6. The molecule has 6 aromatic carbocycles. The van der Waals surface area contributed by atoms with Crippen LogP contribution in [0.25, 0.3) is 0 Å². The van der Waals surface area contributed by atoms with Gasteiger partial charge in [-0.15, -0.1) is 0 Å². The predicted octanol–water partition coefficient (Wildman–Crippen LogP) is 10.8. The first kappa shape index (κ1) is 57.1. The van der Waals surface area contributed by atoms with Gasteiger partial charge in [0.15, 0.2) is 0 Å². The summed E-state index contributed by atoms with van der Waals surface area (Å²) in [5, 5.41) is 24.4. The molecule has 0 radical (unpaired) electrons. The lowest BCUT2D eigenvalue weighted by atomic mass is 10.2. The number of hydrogen-bond acceptors (Lipinski definition) is 7. The fraction of sp³-hybridized carbons (Fsp3) is 0.250. The zero-order valence-corrected chi connectivity index (χ0v) is 41.7. The van der Waals surface area contributed by atoms with E-state index in [1.54, 1.807) is 34.6 Å². The maximum atomic E-state index is 9.76. The van der Waals surface area contributed by atoms with Gasteiger partial charge in [0.2, 0.25) is 0 Å². The molecule has 6 aromatic rings. The molecular formula is C56H68O8P2S. The van der Waals surface area contributed by atoms with E-state index in [-0.39, 0.29) is 27.3 Å². The predicted molar refractivity (Wildman–Crippen MR) is 287 cm³/mol. The summed E-state index contributed by atoms with van der Waals surface area (Å²) in [4.78, 5) is 38.1. The van der Waals surface area contributed by atoms with Crippen molar-refractivity contribution in [2.24, 2.45) is 11.8 Å². The summed E-state index contributed by atoms with van der Waals surface area (Å²) in [6.45, 7) is 9.21. The summed E-state index contributed by atoms with van der Waals surface area (Å²) in [5.74, 6) is 3.62. The van der Waals surface area contributed by atoms with E-state index in [9.17, 15) is 19.2 Å². The Labute approximate surface area is 408 Å². The molecule has 0 aromatic heterocycles. The third kappa shape index (κ3) is 26.0. The lowest BCUT2D eigenvalue weighted by molar-refractivity contribution is -0.140. The van der Waals surface area contributed by atoms with Crippen molar-refractivity contribution in [1.29, 1.82) is 0 Å². The van der Waals surface area contributed by atoms with Crippen LogP contribution in [0.5, 0.6) is 0 Å². The van der Waals surface area contributed by atoms with Crippen molar-refractivity contribution in [2.45, 2.75) is 66.4 Å². The van der Waals surface area contributed by atoms with Gasteiger partial charge in [-0.25, -0.2) is 0 Å². The Balaban J connectivity index is 0.000000851. The minimum Gasteiger partial charge on any atom is -0.481 e. The van der Waals surface area contributed by atoms with Crippen molar-refractivity contribution in [3.05, 3.63) is 182 Å². The van der Waals surface area contributed by atoms with Crippen molar-refractivity contribution in [2.75, 3.05) is 11.5 Å². The highest BCUT2D eigenvalue weighted by atomic mass is 32.2. The largest absolute Gasteiger partial charge is 0.481 e. The number of rotatable bonds is 11. The fourth-order valence-electron chi connectivity index (χ4n) is 5.39. The molecule has 0 spiro atoms. The number of ether oxygens (including phenoxy) is 2. The van der Waals surface area contributed by atoms with Crippen molar-refractivity contribution in [3.8, 4) is 12.0 Å². The molecule has 1 saturated carbocycles. The van der Waals surface area contributed by atoms with E-state index < -0.39 is 27.8 Å². The van der Waals surface area contributed by atoms with E-state index >= 15 is 0 Å². The van der Waals surface area contributed by atoms with Gasteiger partial charge in [0.1, 0.15) is 6.11 Å². The zero-order chi connectivity index (χ0) is 48.9. The van der Waals surface area contributed by atoms with Crippen LogP contribution in [0.2, 0.25) is 0 Å². The van der Waals surface area contributed by atoms with Gasteiger partial charge in [-0.05, 0) is 98.7 Å². The van der Waals surface area contributed by atoms with Gasteiger partial charge in [0.05, 0.1) is 17.9 Å². The maximum absolute atomic E-state index is 9.76. The third-order valence-corrected chi connectivity index (χ3v) is 14.9. The lowest BCUT2D eigenvalue weighted by Gasteiger charge is -2.18. The Kier molecular flexibility index (Phi) is 30.8. The summed E-state index contributed by atoms with van der Waals surface area (Å²) in [6, 6.07) is 64.7. The van der Waals surface area contributed by atoms with Gasteiger partial charge in [0, 0.05) is 9.78 Å². The number of carboxylic acid groups (broad SMARTS) is 2. The first-order chi connectivity index (χ1) is 32.5. The van der Waals surface area contributed by atoms with Gasteiger partial charge < -0.3 is 19.7 Å². The number of hydrogen-bond donors (Lipinski definition) is 2. The average Bonchev–Trinajstić information content (AvgIpc) is 4.05.